The Bertz CT molecular complexity index is 942. The highest BCUT2D eigenvalue weighted by molar-refractivity contribution is 5.81. The second-order valence-corrected chi connectivity index (χ2v) is 8.81. The summed E-state index contributed by atoms with van der Waals surface area (Å²) in [5.41, 5.74) is 6.50. The summed E-state index contributed by atoms with van der Waals surface area (Å²) in [5, 5.41) is 20.8. The summed E-state index contributed by atoms with van der Waals surface area (Å²) >= 11 is 0. The van der Waals surface area contributed by atoms with Gasteiger partial charge in [0.25, 0.3) is 0 Å². The van der Waals surface area contributed by atoms with Crippen LogP contribution in [0.1, 0.15) is 44.9 Å². The Morgan fingerprint density at radius 3 is 2.70 bits per heavy atom. The molecule has 7 heteroatoms. The average molecular weight is 367 g/mol. The predicted molar refractivity (Wildman–Crippen MR) is 100 cm³/mol. The van der Waals surface area contributed by atoms with Gasteiger partial charge in [0.15, 0.2) is 11.5 Å². The van der Waals surface area contributed by atoms with E-state index in [2.05, 4.69) is 26.8 Å². The number of anilines is 1. The van der Waals surface area contributed by atoms with E-state index in [0.29, 0.717) is 41.3 Å². The zero-order chi connectivity index (χ0) is 18.8. The zero-order valence-electron chi connectivity index (χ0n) is 15.5. The molecule has 4 N–H and O–H groups in total. The van der Waals surface area contributed by atoms with Crippen LogP contribution in [0.2, 0.25) is 0 Å². The molecule has 27 heavy (non-hydrogen) atoms. The van der Waals surface area contributed by atoms with E-state index in [1.807, 2.05) is 0 Å². The van der Waals surface area contributed by atoms with Gasteiger partial charge in [-0.3, -0.25) is 0 Å². The molecular formula is C20H25N5O2. The number of imidazole rings is 1. The first-order valence-corrected chi connectivity index (χ1v) is 9.81. The summed E-state index contributed by atoms with van der Waals surface area (Å²) < 4.78 is 1.76. The molecule has 0 amide bonds. The molecule has 2 aromatic rings. The van der Waals surface area contributed by atoms with E-state index in [0.717, 1.165) is 12.8 Å². The van der Waals surface area contributed by atoms with Gasteiger partial charge in [-0.25, -0.2) is 15.0 Å². The second-order valence-electron chi connectivity index (χ2n) is 8.81. The molecule has 142 valence electrons. The largest absolute Gasteiger partial charge is 0.392 e. The number of nitrogen functional groups attached to an aromatic ring is 1. The number of aliphatic hydroxyl groups excluding tert-OH is 1. The molecule has 0 aliphatic heterocycles. The van der Waals surface area contributed by atoms with Crippen molar-refractivity contribution in [2.24, 2.45) is 23.7 Å². The molecule has 0 spiro atoms. The van der Waals surface area contributed by atoms with Crippen molar-refractivity contribution < 1.29 is 10.2 Å². The maximum absolute atomic E-state index is 11.2. The van der Waals surface area contributed by atoms with Gasteiger partial charge in [0.1, 0.15) is 5.52 Å². The van der Waals surface area contributed by atoms with E-state index in [4.69, 9.17) is 5.73 Å². The van der Waals surface area contributed by atoms with Crippen LogP contribution in [0, 0.1) is 35.5 Å². The van der Waals surface area contributed by atoms with Gasteiger partial charge >= 0.3 is 0 Å². The van der Waals surface area contributed by atoms with E-state index in [9.17, 15) is 10.2 Å². The van der Waals surface area contributed by atoms with Gasteiger partial charge in [0.05, 0.1) is 30.5 Å². The highest BCUT2D eigenvalue weighted by Crippen LogP contribution is 2.58. The Morgan fingerprint density at radius 1 is 1.30 bits per heavy atom. The number of nitrogens with zero attached hydrogens (tertiary/aromatic N) is 4. The van der Waals surface area contributed by atoms with E-state index in [1.165, 1.54) is 19.3 Å². The molecule has 4 fully saturated rings. The van der Waals surface area contributed by atoms with Crippen LogP contribution in [-0.2, 0) is 6.54 Å². The first-order valence-electron chi connectivity index (χ1n) is 9.81. The fourth-order valence-electron chi connectivity index (χ4n) is 5.83. The van der Waals surface area contributed by atoms with Crippen molar-refractivity contribution in [2.75, 3.05) is 5.73 Å². The van der Waals surface area contributed by atoms with Gasteiger partial charge in [-0.15, -0.1) is 0 Å². The van der Waals surface area contributed by atoms with Crippen LogP contribution in [-0.4, -0.2) is 41.4 Å². The molecule has 4 bridgehead atoms. The topological polar surface area (TPSA) is 110 Å². The van der Waals surface area contributed by atoms with Crippen LogP contribution in [0.3, 0.4) is 0 Å². The van der Waals surface area contributed by atoms with Crippen molar-refractivity contribution in [3.63, 3.8) is 0 Å². The lowest BCUT2D eigenvalue weighted by atomic mass is 9.50. The maximum Gasteiger partial charge on any atom is 0.208 e. The molecule has 0 saturated heterocycles. The third kappa shape index (κ3) is 2.79. The van der Waals surface area contributed by atoms with Crippen LogP contribution >= 0.6 is 0 Å². The minimum absolute atomic E-state index is 0.00630. The molecule has 6 rings (SSSR count). The Kier molecular flexibility index (Phi) is 3.72. The third-order valence-electron chi connectivity index (χ3n) is 6.56. The zero-order valence-corrected chi connectivity index (χ0v) is 15.5. The summed E-state index contributed by atoms with van der Waals surface area (Å²) in [4.78, 5) is 13.1. The van der Waals surface area contributed by atoms with E-state index < -0.39 is 11.7 Å². The number of fused-ring (bicyclic) bond motifs is 1. The van der Waals surface area contributed by atoms with Gasteiger partial charge in [-0.2, -0.15) is 0 Å². The summed E-state index contributed by atoms with van der Waals surface area (Å²) in [6.07, 6.45) is 6.49. The highest BCUT2D eigenvalue weighted by atomic mass is 16.3. The van der Waals surface area contributed by atoms with Crippen molar-refractivity contribution >= 4 is 17.0 Å². The Balaban J connectivity index is 1.49. The molecule has 2 aromatic heterocycles. The first-order chi connectivity index (χ1) is 12.9. The lowest BCUT2D eigenvalue weighted by Gasteiger charge is -2.57. The number of hydrogen-bond acceptors (Lipinski definition) is 6. The molecule has 2 heterocycles. The van der Waals surface area contributed by atoms with Crippen LogP contribution in [0.4, 0.5) is 5.82 Å². The number of nitrogens with two attached hydrogens (primary N) is 1. The Morgan fingerprint density at radius 2 is 2.04 bits per heavy atom. The smallest absolute Gasteiger partial charge is 0.208 e. The van der Waals surface area contributed by atoms with Gasteiger partial charge < -0.3 is 20.5 Å². The molecule has 4 atom stereocenters. The van der Waals surface area contributed by atoms with Crippen molar-refractivity contribution in [1.29, 1.82) is 0 Å². The Hall–Kier alpha value is -2.17. The lowest BCUT2D eigenvalue weighted by molar-refractivity contribution is -0.152. The van der Waals surface area contributed by atoms with Gasteiger partial charge in [-0.1, -0.05) is 5.92 Å². The SMILES string of the molecule is CC(O)Cn1cnc2c(N)nc(C#CC3C4CC5CC(C4)CC3(O)C5)nc21. The van der Waals surface area contributed by atoms with E-state index in [-0.39, 0.29) is 11.7 Å². The van der Waals surface area contributed by atoms with E-state index in [1.54, 1.807) is 17.8 Å². The van der Waals surface area contributed by atoms with Crippen molar-refractivity contribution in [3.05, 3.63) is 12.2 Å². The van der Waals surface area contributed by atoms with Crippen LogP contribution < -0.4 is 5.73 Å². The van der Waals surface area contributed by atoms with Gasteiger partial charge in [0.2, 0.25) is 5.82 Å². The molecule has 7 nitrogen and oxygen atoms in total. The van der Waals surface area contributed by atoms with Crippen molar-refractivity contribution in [2.45, 2.75) is 57.3 Å². The number of aromatic nitrogens is 4. The normalized spacial score (nSPS) is 35.2. The molecule has 4 saturated carbocycles. The molecular weight excluding hydrogens is 342 g/mol. The van der Waals surface area contributed by atoms with Crippen molar-refractivity contribution in [1.82, 2.24) is 19.5 Å². The molecule has 0 aromatic carbocycles. The summed E-state index contributed by atoms with van der Waals surface area (Å²) in [5.74, 6) is 8.85. The summed E-state index contributed by atoms with van der Waals surface area (Å²) in [6.45, 7) is 2.09. The minimum Gasteiger partial charge on any atom is -0.392 e. The summed E-state index contributed by atoms with van der Waals surface area (Å²) in [7, 11) is 0. The molecule has 4 unspecified atom stereocenters. The third-order valence-corrected chi connectivity index (χ3v) is 6.56. The Labute approximate surface area is 158 Å². The first kappa shape index (κ1) is 17.0. The van der Waals surface area contributed by atoms with Crippen molar-refractivity contribution in [3.8, 4) is 11.8 Å². The van der Waals surface area contributed by atoms with Crippen LogP contribution in [0.25, 0.3) is 11.2 Å². The fourth-order valence-corrected chi connectivity index (χ4v) is 5.83. The standard InChI is InChI=1S/C20H25N5O2/c1-11(26)9-25-10-22-17-18(21)23-16(24-19(17)25)3-2-15-14-5-12-4-13(6-14)8-20(15,27)7-12/h10-15,26-27H,4-9H2,1H3,(H2,21,23,24). The number of aliphatic hydroxyl groups is 2. The second kappa shape index (κ2) is 5.91. The van der Waals surface area contributed by atoms with Gasteiger partial charge in [-0.05, 0) is 62.7 Å². The van der Waals surface area contributed by atoms with Crippen LogP contribution in [0.15, 0.2) is 6.33 Å². The number of hydrogen-bond donors (Lipinski definition) is 3. The lowest BCUT2D eigenvalue weighted by Crippen LogP contribution is -2.56. The number of rotatable bonds is 2. The fraction of sp³-hybridized carbons (Fsp3) is 0.650. The predicted octanol–water partition coefficient (Wildman–Crippen LogP) is 1.33. The maximum atomic E-state index is 11.2. The highest BCUT2D eigenvalue weighted by Gasteiger charge is 2.55. The van der Waals surface area contributed by atoms with E-state index >= 15 is 0 Å². The molecule has 4 aliphatic carbocycles. The van der Waals surface area contributed by atoms with Gasteiger partial charge in [0, 0.05) is 0 Å². The average Bonchev–Trinajstić information content (AvgIpc) is 2.95. The molecule has 0 radical (unpaired) electrons. The minimum atomic E-state index is -0.647. The molecule has 4 aliphatic rings. The van der Waals surface area contributed by atoms with Crippen LogP contribution in [0.5, 0.6) is 0 Å². The quantitative estimate of drug-likeness (QED) is 0.691. The monoisotopic (exact) mass is 367 g/mol. The summed E-state index contributed by atoms with van der Waals surface area (Å²) in [6, 6.07) is 0.